The van der Waals surface area contributed by atoms with Crippen LogP contribution in [0.25, 0.3) is 0 Å². The molecule has 0 fully saturated rings. The van der Waals surface area contributed by atoms with Gasteiger partial charge in [-0.2, -0.15) is 0 Å². The SMILES string of the molecule is Cc1ccc(NC(=O)CS(=O)(=O)CC(=O)c2ccc(C)c(C)c2)cc1. The third kappa shape index (κ3) is 5.53. The zero-order valence-electron chi connectivity index (χ0n) is 14.5. The lowest BCUT2D eigenvalue weighted by Gasteiger charge is -2.07. The number of carbonyl (C=O) groups is 2. The average molecular weight is 359 g/mol. The summed E-state index contributed by atoms with van der Waals surface area (Å²) in [6.07, 6.45) is 0. The largest absolute Gasteiger partial charge is 0.325 e. The van der Waals surface area contributed by atoms with E-state index in [9.17, 15) is 18.0 Å². The molecule has 5 nitrogen and oxygen atoms in total. The first-order valence-electron chi connectivity index (χ1n) is 7.84. The molecule has 0 unspecified atom stereocenters. The van der Waals surface area contributed by atoms with Gasteiger partial charge in [-0.3, -0.25) is 9.59 Å². The highest BCUT2D eigenvalue weighted by molar-refractivity contribution is 7.92. The number of nitrogens with one attached hydrogen (secondary N) is 1. The molecule has 0 aliphatic rings. The minimum absolute atomic E-state index is 0.339. The summed E-state index contributed by atoms with van der Waals surface area (Å²) in [6.45, 7) is 5.68. The predicted molar refractivity (Wildman–Crippen MR) is 98.7 cm³/mol. The van der Waals surface area contributed by atoms with E-state index < -0.39 is 33.0 Å². The van der Waals surface area contributed by atoms with E-state index in [1.54, 1.807) is 30.3 Å². The highest BCUT2D eigenvalue weighted by Crippen LogP contribution is 2.12. The van der Waals surface area contributed by atoms with Crippen LogP contribution in [-0.2, 0) is 14.6 Å². The maximum Gasteiger partial charge on any atom is 0.239 e. The van der Waals surface area contributed by atoms with Gasteiger partial charge in [0.05, 0.1) is 0 Å². The molecule has 25 heavy (non-hydrogen) atoms. The number of hydrogen-bond acceptors (Lipinski definition) is 4. The molecule has 0 bridgehead atoms. The Morgan fingerprint density at radius 1 is 0.880 bits per heavy atom. The predicted octanol–water partition coefficient (Wildman–Crippen LogP) is 2.85. The number of Topliss-reactive ketones (excluding diaryl/α,β-unsaturated/α-hetero) is 1. The van der Waals surface area contributed by atoms with Gasteiger partial charge in [0.15, 0.2) is 15.6 Å². The molecule has 0 heterocycles. The first-order chi connectivity index (χ1) is 11.7. The number of anilines is 1. The molecule has 1 amide bonds. The van der Waals surface area contributed by atoms with Gasteiger partial charge < -0.3 is 5.32 Å². The first-order valence-corrected chi connectivity index (χ1v) is 9.66. The molecule has 0 radical (unpaired) electrons. The van der Waals surface area contributed by atoms with Crippen molar-refractivity contribution in [1.82, 2.24) is 0 Å². The zero-order chi connectivity index (χ0) is 18.6. The molecule has 0 saturated heterocycles. The number of rotatable bonds is 6. The van der Waals surface area contributed by atoms with Crippen LogP contribution in [0.2, 0.25) is 0 Å². The molecule has 0 aliphatic carbocycles. The maximum atomic E-state index is 12.2. The Balaban J connectivity index is 2.00. The molecule has 0 atom stereocenters. The third-order valence-corrected chi connectivity index (χ3v) is 5.27. The van der Waals surface area contributed by atoms with Crippen LogP contribution < -0.4 is 5.32 Å². The van der Waals surface area contributed by atoms with Gasteiger partial charge in [-0.15, -0.1) is 0 Å². The first kappa shape index (κ1) is 18.9. The molecule has 2 rings (SSSR count). The van der Waals surface area contributed by atoms with Gasteiger partial charge in [0, 0.05) is 11.3 Å². The normalized spacial score (nSPS) is 11.2. The Hall–Kier alpha value is -2.47. The van der Waals surface area contributed by atoms with E-state index >= 15 is 0 Å². The zero-order valence-corrected chi connectivity index (χ0v) is 15.3. The summed E-state index contributed by atoms with van der Waals surface area (Å²) >= 11 is 0. The Morgan fingerprint density at radius 2 is 1.52 bits per heavy atom. The second kappa shape index (κ2) is 7.61. The van der Waals surface area contributed by atoms with Crippen LogP contribution in [0.1, 0.15) is 27.0 Å². The van der Waals surface area contributed by atoms with Crippen molar-refractivity contribution in [3.63, 3.8) is 0 Å². The van der Waals surface area contributed by atoms with Crippen molar-refractivity contribution in [2.24, 2.45) is 0 Å². The summed E-state index contributed by atoms with van der Waals surface area (Å²) in [7, 11) is -3.84. The van der Waals surface area contributed by atoms with Gasteiger partial charge in [-0.05, 0) is 50.1 Å². The number of amides is 1. The summed E-state index contributed by atoms with van der Waals surface area (Å²) in [4.78, 5) is 24.1. The fourth-order valence-electron chi connectivity index (χ4n) is 2.28. The second-order valence-electron chi connectivity index (χ2n) is 6.17. The topological polar surface area (TPSA) is 80.3 Å². The van der Waals surface area contributed by atoms with Crippen molar-refractivity contribution in [1.29, 1.82) is 0 Å². The molecule has 1 N–H and O–H groups in total. The van der Waals surface area contributed by atoms with E-state index in [-0.39, 0.29) is 0 Å². The average Bonchev–Trinajstić information content (AvgIpc) is 2.51. The minimum Gasteiger partial charge on any atom is -0.325 e. The minimum atomic E-state index is -3.84. The number of ketones is 1. The Kier molecular flexibility index (Phi) is 5.74. The summed E-state index contributed by atoms with van der Waals surface area (Å²) in [5.41, 5.74) is 3.83. The number of hydrogen-bond donors (Lipinski definition) is 1. The quantitative estimate of drug-likeness (QED) is 0.804. The van der Waals surface area contributed by atoms with E-state index in [4.69, 9.17) is 0 Å². The summed E-state index contributed by atoms with van der Waals surface area (Å²) in [5.74, 6) is -2.57. The van der Waals surface area contributed by atoms with E-state index in [0.29, 0.717) is 11.3 Å². The Bertz CT molecular complexity index is 900. The lowest BCUT2D eigenvalue weighted by atomic mass is 10.0. The van der Waals surface area contributed by atoms with Crippen molar-refractivity contribution >= 4 is 27.2 Å². The van der Waals surface area contributed by atoms with Gasteiger partial charge in [-0.25, -0.2) is 8.42 Å². The van der Waals surface area contributed by atoms with Crippen LogP contribution in [0, 0.1) is 20.8 Å². The summed E-state index contributed by atoms with van der Waals surface area (Å²) in [6, 6.07) is 12.1. The molecule has 0 saturated carbocycles. The van der Waals surface area contributed by atoms with E-state index in [0.717, 1.165) is 16.7 Å². The van der Waals surface area contributed by atoms with E-state index in [2.05, 4.69) is 5.32 Å². The number of aryl methyl sites for hydroxylation is 3. The molecule has 0 spiro atoms. The van der Waals surface area contributed by atoms with Crippen molar-refractivity contribution in [2.75, 3.05) is 16.8 Å². The van der Waals surface area contributed by atoms with Crippen LogP contribution in [0.4, 0.5) is 5.69 Å². The fraction of sp³-hybridized carbons (Fsp3) is 0.263. The third-order valence-electron chi connectivity index (χ3n) is 3.87. The van der Waals surface area contributed by atoms with Gasteiger partial charge in [0.25, 0.3) is 0 Å². The van der Waals surface area contributed by atoms with Gasteiger partial charge in [0.2, 0.25) is 5.91 Å². The van der Waals surface area contributed by atoms with Crippen molar-refractivity contribution in [3.8, 4) is 0 Å². The van der Waals surface area contributed by atoms with Gasteiger partial charge in [0.1, 0.15) is 11.5 Å². The fourth-order valence-corrected chi connectivity index (χ4v) is 3.42. The van der Waals surface area contributed by atoms with Gasteiger partial charge in [-0.1, -0.05) is 29.8 Å². The highest BCUT2D eigenvalue weighted by Gasteiger charge is 2.22. The van der Waals surface area contributed by atoms with Crippen LogP contribution in [0.15, 0.2) is 42.5 Å². The molecule has 2 aromatic carbocycles. The number of sulfone groups is 1. The Morgan fingerprint density at radius 3 is 2.12 bits per heavy atom. The Labute approximate surface area is 148 Å². The summed E-state index contributed by atoms with van der Waals surface area (Å²) < 4.78 is 24.3. The van der Waals surface area contributed by atoms with Crippen molar-refractivity contribution in [2.45, 2.75) is 20.8 Å². The van der Waals surface area contributed by atoms with Crippen LogP contribution in [-0.4, -0.2) is 31.6 Å². The lowest BCUT2D eigenvalue weighted by molar-refractivity contribution is -0.113. The van der Waals surface area contributed by atoms with E-state index in [1.165, 1.54) is 0 Å². The monoisotopic (exact) mass is 359 g/mol. The second-order valence-corrected chi connectivity index (χ2v) is 8.23. The van der Waals surface area contributed by atoms with Crippen LogP contribution >= 0.6 is 0 Å². The van der Waals surface area contributed by atoms with Crippen LogP contribution in [0.5, 0.6) is 0 Å². The van der Waals surface area contributed by atoms with Gasteiger partial charge >= 0.3 is 0 Å². The highest BCUT2D eigenvalue weighted by atomic mass is 32.2. The number of carbonyl (C=O) groups excluding carboxylic acids is 2. The lowest BCUT2D eigenvalue weighted by Crippen LogP contribution is -2.27. The molecular formula is C19H21NO4S. The molecular weight excluding hydrogens is 338 g/mol. The maximum absolute atomic E-state index is 12.2. The molecule has 2 aromatic rings. The summed E-state index contributed by atoms with van der Waals surface area (Å²) in [5, 5.41) is 2.53. The van der Waals surface area contributed by atoms with Crippen molar-refractivity contribution < 1.29 is 18.0 Å². The molecule has 132 valence electrons. The van der Waals surface area contributed by atoms with Crippen molar-refractivity contribution in [3.05, 3.63) is 64.7 Å². The number of benzene rings is 2. The molecule has 6 heteroatoms. The molecule has 0 aromatic heterocycles. The van der Waals surface area contributed by atoms with E-state index in [1.807, 2.05) is 32.9 Å². The smallest absolute Gasteiger partial charge is 0.239 e. The molecule has 0 aliphatic heterocycles. The van der Waals surface area contributed by atoms with Crippen LogP contribution in [0.3, 0.4) is 0 Å². The standard InChI is InChI=1S/C19H21NO4S/c1-13-4-8-17(9-5-13)20-19(22)12-25(23,24)11-18(21)16-7-6-14(2)15(3)10-16/h4-10H,11-12H2,1-3H3,(H,20,22).